The second kappa shape index (κ2) is 8.82. The standard InChI is InChI=1S/C28H27N3O3S/c1-15(2)18-10-12-19(13-11-18)25-24(27(33)34-5)17(4)30-28-31(25)26(32)23(35-28)14-21-16(3)29-22-9-7-6-8-20(21)22/h6-15,25,29H,1-5H3/b23-14-/t25-/m1/s1. The first kappa shape index (κ1) is 23.1. The van der Waals surface area contributed by atoms with Crippen LogP contribution in [0.15, 0.2) is 69.6 Å². The molecule has 0 unspecified atom stereocenters. The maximum atomic E-state index is 13.8. The minimum atomic E-state index is -0.605. The molecule has 3 heterocycles. The molecule has 2 aromatic carbocycles. The van der Waals surface area contributed by atoms with Crippen molar-refractivity contribution in [3.8, 4) is 0 Å². The lowest BCUT2D eigenvalue weighted by molar-refractivity contribution is -0.136. The van der Waals surface area contributed by atoms with Crippen LogP contribution in [0.3, 0.4) is 0 Å². The normalized spacial score (nSPS) is 16.1. The number of thiazole rings is 1. The zero-order valence-electron chi connectivity index (χ0n) is 20.4. The zero-order valence-corrected chi connectivity index (χ0v) is 21.2. The second-order valence-electron chi connectivity index (χ2n) is 9.10. The fourth-order valence-corrected chi connectivity index (χ4v) is 5.72. The number of aryl methyl sites for hydroxylation is 1. The van der Waals surface area contributed by atoms with Crippen LogP contribution in [0.4, 0.5) is 0 Å². The average molecular weight is 486 g/mol. The summed E-state index contributed by atoms with van der Waals surface area (Å²) in [6, 6.07) is 15.5. The van der Waals surface area contributed by atoms with Gasteiger partial charge >= 0.3 is 5.97 Å². The molecular weight excluding hydrogens is 458 g/mol. The number of aromatic amines is 1. The van der Waals surface area contributed by atoms with Crippen molar-refractivity contribution < 1.29 is 9.53 Å². The minimum Gasteiger partial charge on any atom is -0.466 e. The van der Waals surface area contributed by atoms with Crippen molar-refractivity contribution in [2.75, 3.05) is 7.11 Å². The quantitative estimate of drug-likeness (QED) is 0.438. The SMILES string of the molecule is COC(=O)C1=C(C)N=c2s/c(=C\c3c(C)[nH]c4ccccc34)c(=O)n2[C@@H]1c1ccc(C(C)C)cc1. The second-order valence-corrected chi connectivity index (χ2v) is 10.1. The predicted molar refractivity (Wildman–Crippen MR) is 139 cm³/mol. The summed E-state index contributed by atoms with van der Waals surface area (Å²) in [5, 5.41) is 1.06. The number of carbonyl (C=O) groups is 1. The summed E-state index contributed by atoms with van der Waals surface area (Å²) < 4.78 is 7.30. The van der Waals surface area contributed by atoms with Crippen molar-refractivity contribution in [2.45, 2.75) is 39.7 Å². The summed E-state index contributed by atoms with van der Waals surface area (Å²) in [4.78, 5) is 35.3. The number of esters is 1. The van der Waals surface area contributed by atoms with E-state index in [9.17, 15) is 9.59 Å². The molecule has 1 atom stereocenters. The first-order valence-electron chi connectivity index (χ1n) is 11.6. The third kappa shape index (κ3) is 3.86. The van der Waals surface area contributed by atoms with Gasteiger partial charge in [-0.2, -0.15) is 0 Å². The molecule has 178 valence electrons. The van der Waals surface area contributed by atoms with Gasteiger partial charge in [-0.15, -0.1) is 0 Å². The number of hydrogen-bond donors (Lipinski definition) is 1. The summed E-state index contributed by atoms with van der Waals surface area (Å²) in [7, 11) is 1.35. The molecule has 4 aromatic rings. The molecule has 1 N–H and O–H groups in total. The summed E-state index contributed by atoms with van der Waals surface area (Å²) in [5.41, 5.74) is 5.80. The number of allylic oxidation sites excluding steroid dienone is 1. The molecule has 1 aliphatic rings. The Bertz CT molecular complexity index is 1670. The molecule has 0 aliphatic carbocycles. The highest BCUT2D eigenvalue weighted by molar-refractivity contribution is 7.07. The monoisotopic (exact) mass is 485 g/mol. The van der Waals surface area contributed by atoms with Crippen molar-refractivity contribution in [1.29, 1.82) is 0 Å². The lowest BCUT2D eigenvalue weighted by Gasteiger charge is -2.24. The number of hydrogen-bond acceptors (Lipinski definition) is 5. The van der Waals surface area contributed by atoms with E-state index in [-0.39, 0.29) is 5.56 Å². The summed E-state index contributed by atoms with van der Waals surface area (Å²) in [6.07, 6.45) is 1.92. The number of methoxy groups -OCH3 is 1. The summed E-state index contributed by atoms with van der Waals surface area (Å²) in [6.45, 7) is 8.06. The number of carbonyl (C=O) groups excluding carboxylic acids is 1. The van der Waals surface area contributed by atoms with Crippen molar-refractivity contribution in [2.24, 2.45) is 4.99 Å². The van der Waals surface area contributed by atoms with Crippen molar-refractivity contribution in [3.05, 3.63) is 102 Å². The average Bonchev–Trinajstić information content (AvgIpc) is 3.33. The number of para-hydroxylation sites is 1. The van der Waals surface area contributed by atoms with E-state index in [1.807, 2.05) is 49.4 Å². The van der Waals surface area contributed by atoms with Crippen LogP contribution in [-0.4, -0.2) is 22.6 Å². The maximum absolute atomic E-state index is 13.8. The Balaban J connectivity index is 1.75. The third-order valence-corrected chi connectivity index (χ3v) is 7.55. The molecule has 2 aromatic heterocycles. The Labute approximate surface area is 206 Å². The van der Waals surface area contributed by atoms with E-state index in [4.69, 9.17) is 4.74 Å². The molecule has 0 amide bonds. The Hall–Kier alpha value is -3.71. The molecule has 0 fully saturated rings. The van der Waals surface area contributed by atoms with Crippen LogP contribution >= 0.6 is 11.3 Å². The number of ether oxygens (including phenoxy) is 1. The number of nitrogens with one attached hydrogen (secondary N) is 1. The molecule has 6 nitrogen and oxygen atoms in total. The zero-order chi connectivity index (χ0) is 24.9. The van der Waals surface area contributed by atoms with Crippen LogP contribution in [0.5, 0.6) is 0 Å². The maximum Gasteiger partial charge on any atom is 0.338 e. The summed E-state index contributed by atoms with van der Waals surface area (Å²) >= 11 is 1.34. The molecular formula is C28H27N3O3S. The van der Waals surface area contributed by atoms with Crippen LogP contribution in [0.2, 0.25) is 0 Å². The fourth-order valence-electron chi connectivity index (χ4n) is 4.69. The van der Waals surface area contributed by atoms with E-state index in [2.05, 4.69) is 36.0 Å². The number of rotatable bonds is 4. The lowest BCUT2D eigenvalue weighted by Crippen LogP contribution is -2.39. The largest absolute Gasteiger partial charge is 0.466 e. The van der Waals surface area contributed by atoms with E-state index < -0.39 is 12.0 Å². The predicted octanol–water partition coefficient (Wildman–Crippen LogP) is 4.32. The number of benzene rings is 2. The molecule has 0 spiro atoms. The topological polar surface area (TPSA) is 76.4 Å². The van der Waals surface area contributed by atoms with Gasteiger partial charge in [0.05, 0.1) is 29.0 Å². The first-order valence-corrected chi connectivity index (χ1v) is 12.4. The van der Waals surface area contributed by atoms with Gasteiger partial charge in [-0.1, -0.05) is 67.6 Å². The lowest BCUT2D eigenvalue weighted by atomic mass is 9.93. The molecule has 0 saturated carbocycles. The Kier molecular flexibility index (Phi) is 5.81. The summed E-state index contributed by atoms with van der Waals surface area (Å²) in [5.74, 6) is -0.103. The van der Waals surface area contributed by atoms with Gasteiger partial charge < -0.3 is 9.72 Å². The van der Waals surface area contributed by atoms with E-state index >= 15 is 0 Å². The first-order chi connectivity index (χ1) is 16.8. The van der Waals surface area contributed by atoms with E-state index in [0.717, 1.165) is 27.7 Å². The van der Waals surface area contributed by atoms with Crippen LogP contribution in [0, 0.1) is 6.92 Å². The number of nitrogens with zero attached hydrogens (tertiary/aromatic N) is 2. The molecule has 0 bridgehead atoms. The molecule has 35 heavy (non-hydrogen) atoms. The smallest absolute Gasteiger partial charge is 0.338 e. The molecule has 0 saturated heterocycles. The Morgan fingerprint density at radius 2 is 1.86 bits per heavy atom. The van der Waals surface area contributed by atoms with Gasteiger partial charge in [0.25, 0.3) is 5.56 Å². The van der Waals surface area contributed by atoms with Gasteiger partial charge in [0.2, 0.25) is 0 Å². The van der Waals surface area contributed by atoms with Crippen molar-refractivity contribution in [1.82, 2.24) is 9.55 Å². The molecule has 1 aliphatic heterocycles. The number of H-pyrrole nitrogens is 1. The van der Waals surface area contributed by atoms with Gasteiger partial charge in [0.15, 0.2) is 4.80 Å². The van der Waals surface area contributed by atoms with Gasteiger partial charge in [-0.25, -0.2) is 9.79 Å². The highest BCUT2D eigenvalue weighted by Crippen LogP contribution is 2.31. The number of aromatic nitrogens is 2. The highest BCUT2D eigenvalue weighted by atomic mass is 32.1. The van der Waals surface area contributed by atoms with Gasteiger partial charge in [0.1, 0.15) is 0 Å². The highest BCUT2D eigenvalue weighted by Gasteiger charge is 2.33. The molecule has 7 heteroatoms. The minimum absolute atomic E-state index is 0.176. The van der Waals surface area contributed by atoms with Crippen LogP contribution in [0.25, 0.3) is 17.0 Å². The van der Waals surface area contributed by atoms with E-state index in [1.54, 1.807) is 11.5 Å². The van der Waals surface area contributed by atoms with Crippen molar-refractivity contribution >= 4 is 34.3 Å². The molecule has 0 radical (unpaired) electrons. The number of fused-ring (bicyclic) bond motifs is 2. The van der Waals surface area contributed by atoms with Crippen LogP contribution < -0.4 is 14.9 Å². The Morgan fingerprint density at radius 1 is 1.14 bits per heavy atom. The molecule has 5 rings (SSSR count). The van der Waals surface area contributed by atoms with Crippen molar-refractivity contribution in [3.63, 3.8) is 0 Å². The van der Waals surface area contributed by atoms with Gasteiger partial charge in [-0.3, -0.25) is 9.36 Å². The van der Waals surface area contributed by atoms with Crippen LogP contribution in [0.1, 0.15) is 55.1 Å². The third-order valence-electron chi connectivity index (χ3n) is 6.56. The Morgan fingerprint density at radius 3 is 2.54 bits per heavy atom. The van der Waals surface area contributed by atoms with Gasteiger partial charge in [0, 0.05) is 22.2 Å². The van der Waals surface area contributed by atoms with Gasteiger partial charge in [-0.05, 0) is 43.0 Å². The fraction of sp³-hybridized carbons (Fsp3) is 0.250. The van der Waals surface area contributed by atoms with E-state index in [1.165, 1.54) is 24.0 Å². The van der Waals surface area contributed by atoms with E-state index in [0.29, 0.717) is 26.5 Å². The van der Waals surface area contributed by atoms with Crippen LogP contribution in [-0.2, 0) is 9.53 Å².